The highest BCUT2D eigenvalue weighted by Gasteiger charge is 2.28. The van der Waals surface area contributed by atoms with Crippen molar-refractivity contribution in [3.63, 3.8) is 0 Å². The number of rotatable bonds is 3. The molecule has 0 bridgehead atoms. The van der Waals surface area contributed by atoms with Crippen LogP contribution in [0.15, 0.2) is 0 Å². The molecule has 0 unspecified atom stereocenters. The lowest BCUT2D eigenvalue weighted by Crippen LogP contribution is -2.29. The molecule has 0 spiro atoms. The van der Waals surface area contributed by atoms with Gasteiger partial charge < -0.3 is 5.11 Å². The van der Waals surface area contributed by atoms with E-state index in [0.29, 0.717) is 5.92 Å². The molecule has 1 aliphatic carbocycles. The number of aliphatic hydroxyl groups excluding tert-OH is 1. The standard InChI is InChI=1S/C9H18O3S/c1-2-13(11,12)9-5-3-8(7-10)4-6-9/h8-10H,2-7H2,1H3. The zero-order chi connectivity index (χ0) is 9.90. The van der Waals surface area contributed by atoms with E-state index in [9.17, 15) is 8.42 Å². The average molecular weight is 206 g/mol. The molecule has 0 radical (unpaired) electrons. The third-order valence-electron chi connectivity index (χ3n) is 2.96. The fourth-order valence-electron chi connectivity index (χ4n) is 1.91. The van der Waals surface area contributed by atoms with E-state index in [4.69, 9.17) is 5.11 Å². The van der Waals surface area contributed by atoms with E-state index >= 15 is 0 Å². The van der Waals surface area contributed by atoms with Gasteiger partial charge >= 0.3 is 0 Å². The van der Waals surface area contributed by atoms with Crippen LogP contribution in [0, 0.1) is 5.92 Å². The molecule has 0 aromatic rings. The van der Waals surface area contributed by atoms with Crippen LogP contribution in [0.5, 0.6) is 0 Å². The highest BCUT2D eigenvalue weighted by molar-refractivity contribution is 7.92. The van der Waals surface area contributed by atoms with Crippen molar-refractivity contribution in [3.05, 3.63) is 0 Å². The van der Waals surface area contributed by atoms with Gasteiger partial charge in [0.1, 0.15) is 0 Å². The van der Waals surface area contributed by atoms with Crippen LogP contribution in [0.3, 0.4) is 0 Å². The van der Waals surface area contributed by atoms with Crippen LogP contribution in [0.4, 0.5) is 0 Å². The minimum absolute atomic E-state index is 0.139. The number of hydrogen-bond donors (Lipinski definition) is 1. The molecule has 1 N–H and O–H groups in total. The Morgan fingerprint density at radius 3 is 2.15 bits per heavy atom. The summed E-state index contributed by atoms with van der Waals surface area (Å²) in [6.45, 7) is 1.91. The summed E-state index contributed by atoms with van der Waals surface area (Å²) in [7, 11) is -2.83. The van der Waals surface area contributed by atoms with E-state index < -0.39 is 9.84 Å². The maximum Gasteiger partial charge on any atom is 0.152 e. The van der Waals surface area contributed by atoms with Gasteiger partial charge in [-0.1, -0.05) is 6.92 Å². The lowest BCUT2D eigenvalue weighted by molar-refractivity contribution is 0.191. The predicted octanol–water partition coefficient (Wildman–Crippen LogP) is 0.972. The van der Waals surface area contributed by atoms with Crippen LogP contribution < -0.4 is 0 Å². The zero-order valence-corrected chi connectivity index (χ0v) is 8.89. The molecule has 0 heterocycles. The van der Waals surface area contributed by atoms with E-state index in [-0.39, 0.29) is 17.6 Å². The highest BCUT2D eigenvalue weighted by atomic mass is 32.2. The van der Waals surface area contributed by atoms with E-state index in [0.717, 1.165) is 25.7 Å². The van der Waals surface area contributed by atoms with Crippen LogP contribution in [-0.4, -0.2) is 31.1 Å². The molecule has 1 aliphatic rings. The number of sulfone groups is 1. The van der Waals surface area contributed by atoms with Gasteiger partial charge in [-0.25, -0.2) is 8.42 Å². The Morgan fingerprint density at radius 2 is 1.77 bits per heavy atom. The molecule has 0 saturated heterocycles. The van der Waals surface area contributed by atoms with Crippen LogP contribution in [0.25, 0.3) is 0 Å². The van der Waals surface area contributed by atoms with Crippen molar-refractivity contribution in [2.75, 3.05) is 12.4 Å². The molecule has 0 aliphatic heterocycles. The Kier molecular flexibility index (Phi) is 3.74. The highest BCUT2D eigenvalue weighted by Crippen LogP contribution is 2.28. The molecular formula is C9H18O3S. The largest absolute Gasteiger partial charge is 0.396 e. The Labute approximate surface area is 80.1 Å². The van der Waals surface area contributed by atoms with Gasteiger partial charge in [0.15, 0.2) is 9.84 Å². The second kappa shape index (κ2) is 4.42. The summed E-state index contributed by atoms with van der Waals surface area (Å²) in [6.07, 6.45) is 3.20. The van der Waals surface area contributed by atoms with Gasteiger partial charge in [-0.05, 0) is 31.6 Å². The maximum absolute atomic E-state index is 11.5. The van der Waals surface area contributed by atoms with Crippen molar-refractivity contribution in [2.45, 2.75) is 37.9 Å². The molecular weight excluding hydrogens is 188 g/mol. The van der Waals surface area contributed by atoms with Gasteiger partial charge in [0.2, 0.25) is 0 Å². The summed E-state index contributed by atoms with van der Waals surface area (Å²) < 4.78 is 23.0. The molecule has 0 atom stereocenters. The molecule has 13 heavy (non-hydrogen) atoms. The summed E-state index contributed by atoms with van der Waals surface area (Å²) in [5.74, 6) is 0.588. The third kappa shape index (κ3) is 2.68. The number of aliphatic hydroxyl groups is 1. The van der Waals surface area contributed by atoms with Gasteiger partial charge in [-0.2, -0.15) is 0 Å². The van der Waals surface area contributed by atoms with Crippen LogP contribution >= 0.6 is 0 Å². The van der Waals surface area contributed by atoms with E-state index in [1.165, 1.54) is 0 Å². The topological polar surface area (TPSA) is 54.4 Å². The first kappa shape index (κ1) is 11.0. The van der Waals surface area contributed by atoms with Gasteiger partial charge in [0, 0.05) is 12.4 Å². The summed E-state index contributed by atoms with van der Waals surface area (Å²) in [5.41, 5.74) is 0. The van der Waals surface area contributed by atoms with Crippen molar-refractivity contribution < 1.29 is 13.5 Å². The first-order chi connectivity index (χ1) is 6.10. The molecule has 0 aromatic heterocycles. The second-order valence-electron chi connectivity index (χ2n) is 3.78. The smallest absolute Gasteiger partial charge is 0.152 e. The maximum atomic E-state index is 11.5. The van der Waals surface area contributed by atoms with Gasteiger partial charge in [0.25, 0.3) is 0 Å². The summed E-state index contributed by atoms with van der Waals surface area (Å²) in [4.78, 5) is 0. The van der Waals surface area contributed by atoms with Crippen molar-refractivity contribution in [2.24, 2.45) is 5.92 Å². The summed E-state index contributed by atoms with van der Waals surface area (Å²) in [5, 5.41) is 8.75. The predicted molar refractivity (Wildman–Crippen MR) is 52.3 cm³/mol. The lowest BCUT2D eigenvalue weighted by Gasteiger charge is -2.26. The molecule has 1 saturated carbocycles. The molecule has 4 heteroatoms. The van der Waals surface area contributed by atoms with Crippen molar-refractivity contribution in [1.29, 1.82) is 0 Å². The fraction of sp³-hybridized carbons (Fsp3) is 1.00. The molecule has 0 amide bonds. The molecule has 1 fully saturated rings. The van der Waals surface area contributed by atoms with E-state index in [2.05, 4.69) is 0 Å². The van der Waals surface area contributed by atoms with Crippen LogP contribution in [0.1, 0.15) is 32.6 Å². The SMILES string of the molecule is CCS(=O)(=O)C1CCC(CO)CC1. The molecule has 1 rings (SSSR count). The first-order valence-corrected chi connectivity index (χ1v) is 6.64. The number of hydrogen-bond acceptors (Lipinski definition) is 3. The van der Waals surface area contributed by atoms with E-state index in [1.54, 1.807) is 6.92 Å². The van der Waals surface area contributed by atoms with Crippen LogP contribution in [-0.2, 0) is 9.84 Å². The Bertz CT molecular complexity index is 238. The Hall–Kier alpha value is -0.0900. The minimum atomic E-state index is -2.83. The molecule has 0 aromatic carbocycles. The molecule has 3 nitrogen and oxygen atoms in total. The summed E-state index contributed by atoms with van der Waals surface area (Å²) >= 11 is 0. The van der Waals surface area contributed by atoms with Gasteiger partial charge in [0.05, 0.1) is 5.25 Å². The average Bonchev–Trinajstić information content (AvgIpc) is 2.18. The quantitative estimate of drug-likeness (QED) is 0.748. The van der Waals surface area contributed by atoms with Gasteiger partial charge in [-0.3, -0.25) is 0 Å². The van der Waals surface area contributed by atoms with Crippen molar-refractivity contribution in [1.82, 2.24) is 0 Å². The van der Waals surface area contributed by atoms with Crippen molar-refractivity contribution in [3.8, 4) is 0 Å². The Balaban J connectivity index is 2.50. The monoisotopic (exact) mass is 206 g/mol. The van der Waals surface area contributed by atoms with Crippen molar-refractivity contribution >= 4 is 9.84 Å². The van der Waals surface area contributed by atoms with E-state index in [1.807, 2.05) is 0 Å². The summed E-state index contributed by atoms with van der Waals surface area (Å²) in [6, 6.07) is 0. The minimum Gasteiger partial charge on any atom is -0.396 e. The lowest BCUT2D eigenvalue weighted by atomic mass is 9.90. The first-order valence-electron chi connectivity index (χ1n) is 4.92. The van der Waals surface area contributed by atoms with Gasteiger partial charge in [-0.15, -0.1) is 0 Å². The fourth-order valence-corrected chi connectivity index (χ4v) is 3.37. The molecule has 78 valence electrons. The van der Waals surface area contributed by atoms with Crippen LogP contribution in [0.2, 0.25) is 0 Å². The third-order valence-corrected chi connectivity index (χ3v) is 5.25. The second-order valence-corrected chi connectivity index (χ2v) is 6.35. The zero-order valence-electron chi connectivity index (χ0n) is 8.07. The normalized spacial score (nSPS) is 30.3. The Morgan fingerprint density at radius 1 is 1.23 bits per heavy atom.